The number of aromatic nitrogens is 2. The fraction of sp³-hybridized carbons (Fsp3) is 0. The first kappa shape index (κ1) is 17.5. The molecule has 4 aromatic rings. The standard InChI is InChI=1S/C22H17FN4O/c23-17-9-7-8-16(14-17)22(28)27-21(25-19-12-5-2-6-13-19)15-20(26-27)24-18-10-3-1-4-11-18/h1-15,25H,(H,24,26). The summed E-state index contributed by atoms with van der Waals surface area (Å²) < 4.78 is 14.8. The number of para-hydroxylation sites is 2. The van der Waals surface area contributed by atoms with E-state index in [0.29, 0.717) is 11.6 Å². The average molecular weight is 372 g/mol. The van der Waals surface area contributed by atoms with Crippen LogP contribution in [-0.4, -0.2) is 15.7 Å². The Bertz CT molecular complexity index is 1090. The van der Waals surface area contributed by atoms with E-state index >= 15 is 0 Å². The van der Waals surface area contributed by atoms with E-state index < -0.39 is 11.7 Å². The molecule has 6 heteroatoms. The van der Waals surface area contributed by atoms with Crippen molar-refractivity contribution in [2.45, 2.75) is 0 Å². The first-order chi connectivity index (χ1) is 13.7. The van der Waals surface area contributed by atoms with E-state index in [4.69, 9.17) is 0 Å². The molecule has 138 valence electrons. The maximum Gasteiger partial charge on any atom is 0.280 e. The molecule has 0 fully saturated rings. The monoisotopic (exact) mass is 372 g/mol. The highest BCUT2D eigenvalue weighted by molar-refractivity contribution is 5.98. The van der Waals surface area contributed by atoms with Gasteiger partial charge in [-0.25, -0.2) is 4.39 Å². The topological polar surface area (TPSA) is 59.0 Å². The highest BCUT2D eigenvalue weighted by Crippen LogP contribution is 2.24. The predicted molar refractivity (Wildman–Crippen MR) is 108 cm³/mol. The number of carbonyl (C=O) groups is 1. The lowest BCUT2D eigenvalue weighted by atomic mass is 10.2. The summed E-state index contributed by atoms with van der Waals surface area (Å²) in [5.41, 5.74) is 1.86. The van der Waals surface area contributed by atoms with Crippen LogP contribution in [0.15, 0.2) is 91.0 Å². The number of halogens is 1. The van der Waals surface area contributed by atoms with E-state index in [2.05, 4.69) is 15.7 Å². The highest BCUT2D eigenvalue weighted by Gasteiger charge is 2.17. The molecule has 0 amide bonds. The Labute approximate surface area is 161 Å². The molecule has 0 aliphatic heterocycles. The van der Waals surface area contributed by atoms with Gasteiger partial charge in [0.1, 0.15) is 11.6 Å². The van der Waals surface area contributed by atoms with Crippen LogP contribution >= 0.6 is 0 Å². The number of nitrogens with zero attached hydrogens (tertiary/aromatic N) is 2. The van der Waals surface area contributed by atoms with E-state index in [0.717, 1.165) is 11.4 Å². The molecule has 0 saturated carbocycles. The van der Waals surface area contributed by atoms with Crippen molar-refractivity contribution in [1.29, 1.82) is 0 Å². The Kier molecular flexibility index (Phi) is 4.84. The van der Waals surface area contributed by atoms with E-state index in [9.17, 15) is 9.18 Å². The molecule has 3 aromatic carbocycles. The van der Waals surface area contributed by atoms with Gasteiger partial charge in [0, 0.05) is 23.0 Å². The first-order valence-corrected chi connectivity index (χ1v) is 8.73. The van der Waals surface area contributed by atoms with Crippen molar-refractivity contribution in [1.82, 2.24) is 9.78 Å². The smallest absolute Gasteiger partial charge is 0.280 e. The van der Waals surface area contributed by atoms with Crippen LogP contribution in [0.25, 0.3) is 0 Å². The van der Waals surface area contributed by atoms with Gasteiger partial charge in [-0.15, -0.1) is 5.10 Å². The molecule has 4 rings (SSSR count). The van der Waals surface area contributed by atoms with Gasteiger partial charge in [0.05, 0.1) is 0 Å². The lowest BCUT2D eigenvalue weighted by Gasteiger charge is -2.08. The number of benzene rings is 3. The second kappa shape index (κ2) is 7.75. The Morgan fingerprint density at radius 2 is 1.43 bits per heavy atom. The number of hydrogen-bond acceptors (Lipinski definition) is 4. The number of nitrogens with one attached hydrogen (secondary N) is 2. The number of carbonyl (C=O) groups excluding carboxylic acids is 1. The van der Waals surface area contributed by atoms with Crippen LogP contribution in [0.1, 0.15) is 10.4 Å². The van der Waals surface area contributed by atoms with Crippen molar-refractivity contribution >= 4 is 28.9 Å². The molecule has 0 radical (unpaired) electrons. The molecule has 0 saturated heterocycles. The van der Waals surface area contributed by atoms with Crippen LogP contribution in [-0.2, 0) is 0 Å². The van der Waals surface area contributed by atoms with Gasteiger partial charge < -0.3 is 10.6 Å². The summed E-state index contributed by atoms with van der Waals surface area (Å²) in [5.74, 6) is 0.0607. The van der Waals surface area contributed by atoms with Gasteiger partial charge in [0.2, 0.25) is 0 Å². The Morgan fingerprint density at radius 3 is 2.07 bits per heavy atom. The fourth-order valence-electron chi connectivity index (χ4n) is 2.77. The molecule has 5 nitrogen and oxygen atoms in total. The SMILES string of the molecule is O=C(c1cccc(F)c1)n1nc(Nc2ccccc2)cc1Nc1ccccc1. The van der Waals surface area contributed by atoms with E-state index in [-0.39, 0.29) is 5.56 Å². The maximum atomic E-state index is 13.6. The molecule has 0 atom stereocenters. The molecule has 1 aromatic heterocycles. The van der Waals surface area contributed by atoms with Crippen LogP contribution in [0.3, 0.4) is 0 Å². The summed E-state index contributed by atoms with van der Waals surface area (Å²) in [4.78, 5) is 12.9. The van der Waals surface area contributed by atoms with Crippen molar-refractivity contribution < 1.29 is 9.18 Å². The minimum absolute atomic E-state index is 0.213. The van der Waals surface area contributed by atoms with Crippen molar-refractivity contribution in [2.24, 2.45) is 0 Å². The third kappa shape index (κ3) is 3.91. The van der Waals surface area contributed by atoms with Crippen LogP contribution in [0.5, 0.6) is 0 Å². The molecule has 28 heavy (non-hydrogen) atoms. The van der Waals surface area contributed by atoms with Gasteiger partial charge in [0.15, 0.2) is 5.82 Å². The maximum absolute atomic E-state index is 13.6. The van der Waals surface area contributed by atoms with Crippen LogP contribution in [0, 0.1) is 5.82 Å². The van der Waals surface area contributed by atoms with E-state index in [1.165, 1.54) is 22.9 Å². The number of anilines is 4. The van der Waals surface area contributed by atoms with Gasteiger partial charge in [-0.1, -0.05) is 42.5 Å². The summed E-state index contributed by atoms with van der Waals surface area (Å²) >= 11 is 0. The Hall–Kier alpha value is -3.93. The summed E-state index contributed by atoms with van der Waals surface area (Å²) in [5, 5.41) is 10.7. The van der Waals surface area contributed by atoms with Crippen LogP contribution in [0.4, 0.5) is 27.4 Å². The van der Waals surface area contributed by atoms with E-state index in [1.807, 2.05) is 60.7 Å². The zero-order valence-corrected chi connectivity index (χ0v) is 14.8. The molecular formula is C22H17FN4O. The lowest BCUT2D eigenvalue weighted by Crippen LogP contribution is -2.16. The number of hydrogen-bond donors (Lipinski definition) is 2. The first-order valence-electron chi connectivity index (χ1n) is 8.73. The second-order valence-electron chi connectivity index (χ2n) is 6.12. The molecule has 2 N–H and O–H groups in total. The summed E-state index contributed by atoms with van der Waals surface area (Å²) in [6, 6.07) is 26.3. The predicted octanol–water partition coefficient (Wildman–Crippen LogP) is 5.20. The largest absolute Gasteiger partial charge is 0.340 e. The zero-order valence-electron chi connectivity index (χ0n) is 14.8. The normalized spacial score (nSPS) is 10.5. The third-order valence-electron chi connectivity index (χ3n) is 4.07. The van der Waals surface area contributed by atoms with Crippen molar-refractivity contribution in [3.05, 3.63) is 102 Å². The van der Waals surface area contributed by atoms with Gasteiger partial charge in [-0.05, 0) is 42.5 Å². The fourth-order valence-corrected chi connectivity index (χ4v) is 2.77. The lowest BCUT2D eigenvalue weighted by molar-refractivity contribution is 0.0947. The molecule has 0 unspecified atom stereocenters. The summed E-state index contributed by atoms with van der Waals surface area (Å²) in [7, 11) is 0. The second-order valence-corrected chi connectivity index (χ2v) is 6.12. The molecule has 1 heterocycles. The molecular weight excluding hydrogens is 355 g/mol. The van der Waals surface area contributed by atoms with Crippen molar-refractivity contribution in [3.8, 4) is 0 Å². The molecule has 0 aliphatic rings. The molecule has 0 spiro atoms. The minimum atomic E-state index is -0.474. The summed E-state index contributed by atoms with van der Waals surface area (Å²) in [6.07, 6.45) is 0. The number of rotatable bonds is 5. The Morgan fingerprint density at radius 1 is 0.786 bits per heavy atom. The van der Waals surface area contributed by atoms with Gasteiger partial charge in [-0.2, -0.15) is 4.68 Å². The van der Waals surface area contributed by atoms with Crippen molar-refractivity contribution in [2.75, 3.05) is 10.6 Å². The quantitative estimate of drug-likeness (QED) is 0.506. The molecule has 0 bridgehead atoms. The summed E-state index contributed by atoms with van der Waals surface area (Å²) in [6.45, 7) is 0. The van der Waals surface area contributed by atoms with Gasteiger partial charge in [0.25, 0.3) is 5.91 Å². The van der Waals surface area contributed by atoms with Crippen molar-refractivity contribution in [3.63, 3.8) is 0 Å². The third-order valence-corrected chi connectivity index (χ3v) is 4.07. The van der Waals surface area contributed by atoms with E-state index in [1.54, 1.807) is 12.1 Å². The zero-order chi connectivity index (χ0) is 19.3. The van der Waals surface area contributed by atoms with Gasteiger partial charge >= 0.3 is 0 Å². The average Bonchev–Trinajstić information content (AvgIpc) is 3.11. The van der Waals surface area contributed by atoms with Crippen LogP contribution in [0.2, 0.25) is 0 Å². The van der Waals surface area contributed by atoms with Gasteiger partial charge in [-0.3, -0.25) is 4.79 Å². The highest BCUT2D eigenvalue weighted by atomic mass is 19.1. The molecule has 0 aliphatic carbocycles. The van der Waals surface area contributed by atoms with Crippen LogP contribution < -0.4 is 10.6 Å². The Balaban J connectivity index is 1.71. The minimum Gasteiger partial charge on any atom is -0.340 e.